The average molecular weight is 234 g/mol. The van der Waals surface area contributed by atoms with Crippen LogP contribution in [0.4, 0.5) is 0 Å². The largest absolute Gasteiger partial charge is 0.468 e. The number of hydrogen-bond acceptors (Lipinski definition) is 3. The quantitative estimate of drug-likeness (QED) is 0.848. The van der Waals surface area contributed by atoms with Gasteiger partial charge in [0, 0.05) is 24.7 Å². The van der Waals surface area contributed by atoms with Crippen LogP contribution in [-0.2, 0) is 13.1 Å². The van der Waals surface area contributed by atoms with Gasteiger partial charge in [-0.15, -0.1) is 0 Å². The molecule has 0 spiro atoms. The summed E-state index contributed by atoms with van der Waals surface area (Å²) in [7, 11) is 0. The van der Waals surface area contributed by atoms with Gasteiger partial charge in [0.2, 0.25) is 0 Å². The third-order valence-electron chi connectivity index (χ3n) is 4.17. The maximum absolute atomic E-state index is 5.65. The molecule has 0 radical (unpaired) electrons. The summed E-state index contributed by atoms with van der Waals surface area (Å²) in [6.07, 6.45) is 6.16. The van der Waals surface area contributed by atoms with E-state index in [1.165, 1.54) is 31.4 Å². The molecule has 2 atom stereocenters. The Morgan fingerprint density at radius 1 is 1.47 bits per heavy atom. The molecule has 2 unspecified atom stereocenters. The zero-order valence-corrected chi connectivity index (χ0v) is 10.6. The number of likely N-dealkylation sites (tertiary alicyclic amines) is 1. The highest BCUT2D eigenvalue weighted by molar-refractivity contribution is 5.13. The van der Waals surface area contributed by atoms with Crippen molar-refractivity contribution in [1.29, 1.82) is 0 Å². The normalized spacial score (nSPS) is 28.1. The zero-order valence-electron chi connectivity index (χ0n) is 10.6. The molecule has 3 heteroatoms. The molecular weight excluding hydrogens is 212 g/mol. The Kier molecular flexibility index (Phi) is 3.21. The van der Waals surface area contributed by atoms with Crippen LogP contribution >= 0.6 is 0 Å². The summed E-state index contributed by atoms with van der Waals surface area (Å²) in [5.41, 5.74) is 1.27. The molecule has 94 valence electrons. The highest BCUT2D eigenvalue weighted by Crippen LogP contribution is 2.38. The highest BCUT2D eigenvalue weighted by Gasteiger charge is 2.37. The lowest BCUT2D eigenvalue weighted by Gasteiger charge is -2.25. The van der Waals surface area contributed by atoms with Gasteiger partial charge in [0.05, 0.1) is 12.8 Å². The van der Waals surface area contributed by atoms with Crippen LogP contribution < -0.4 is 5.32 Å². The Bertz CT molecular complexity index is 374. The minimum atomic E-state index is 0.835. The molecule has 2 aliphatic rings. The van der Waals surface area contributed by atoms with Crippen molar-refractivity contribution >= 4 is 0 Å². The van der Waals surface area contributed by atoms with E-state index in [4.69, 9.17) is 4.42 Å². The lowest BCUT2D eigenvalue weighted by molar-refractivity contribution is 0.190. The molecule has 17 heavy (non-hydrogen) atoms. The van der Waals surface area contributed by atoms with Crippen LogP contribution in [0.5, 0.6) is 0 Å². The lowest BCUT2D eigenvalue weighted by atomic mass is 10.1. The Morgan fingerprint density at radius 2 is 2.41 bits per heavy atom. The first-order valence-corrected chi connectivity index (χ1v) is 6.86. The maximum Gasteiger partial charge on any atom is 0.118 e. The van der Waals surface area contributed by atoms with Gasteiger partial charge in [0.15, 0.2) is 0 Å². The third-order valence-corrected chi connectivity index (χ3v) is 4.17. The number of hydrogen-bond donors (Lipinski definition) is 1. The molecule has 2 heterocycles. The van der Waals surface area contributed by atoms with Crippen molar-refractivity contribution in [2.24, 2.45) is 5.92 Å². The van der Waals surface area contributed by atoms with E-state index in [1.54, 1.807) is 0 Å². The summed E-state index contributed by atoms with van der Waals surface area (Å²) in [4.78, 5) is 2.60. The third kappa shape index (κ3) is 2.40. The van der Waals surface area contributed by atoms with Gasteiger partial charge in [-0.25, -0.2) is 0 Å². The van der Waals surface area contributed by atoms with Crippen LogP contribution in [-0.4, -0.2) is 24.0 Å². The summed E-state index contributed by atoms with van der Waals surface area (Å²) >= 11 is 0. The first-order chi connectivity index (χ1) is 8.35. The van der Waals surface area contributed by atoms with Crippen LogP contribution in [0.2, 0.25) is 0 Å². The number of furan rings is 1. The van der Waals surface area contributed by atoms with E-state index >= 15 is 0 Å². The number of fused-ring (bicyclic) bond motifs is 2. The molecule has 1 aromatic heterocycles. The fourth-order valence-corrected chi connectivity index (χ4v) is 3.29. The van der Waals surface area contributed by atoms with Crippen LogP contribution in [0.3, 0.4) is 0 Å². The number of piperidine rings is 1. The molecule has 1 saturated carbocycles. The van der Waals surface area contributed by atoms with Gasteiger partial charge in [-0.2, -0.15) is 0 Å². The fraction of sp³-hybridized carbons (Fsp3) is 0.714. The second kappa shape index (κ2) is 4.83. The Balaban J connectivity index is 1.56. The Labute approximate surface area is 103 Å². The van der Waals surface area contributed by atoms with Gasteiger partial charge < -0.3 is 9.73 Å². The van der Waals surface area contributed by atoms with Crippen molar-refractivity contribution in [1.82, 2.24) is 10.2 Å². The summed E-state index contributed by atoms with van der Waals surface area (Å²) < 4.78 is 5.65. The van der Waals surface area contributed by atoms with Gasteiger partial charge in [0.25, 0.3) is 0 Å². The van der Waals surface area contributed by atoms with Crippen molar-refractivity contribution in [3.05, 3.63) is 23.7 Å². The second-order valence-corrected chi connectivity index (χ2v) is 5.46. The second-order valence-electron chi connectivity index (χ2n) is 5.46. The topological polar surface area (TPSA) is 28.4 Å². The van der Waals surface area contributed by atoms with Crippen LogP contribution in [0, 0.1) is 5.92 Å². The lowest BCUT2D eigenvalue weighted by Crippen LogP contribution is -2.31. The number of rotatable bonds is 5. The molecule has 1 aliphatic carbocycles. The first kappa shape index (κ1) is 11.3. The molecule has 1 aliphatic heterocycles. The minimum Gasteiger partial charge on any atom is -0.468 e. The predicted molar refractivity (Wildman–Crippen MR) is 67.6 cm³/mol. The van der Waals surface area contributed by atoms with Crippen LogP contribution in [0.15, 0.2) is 16.7 Å². The molecule has 1 aromatic rings. The first-order valence-electron chi connectivity index (χ1n) is 6.86. The Hall–Kier alpha value is -0.800. The molecule has 3 nitrogen and oxygen atoms in total. The molecule has 1 saturated heterocycles. The summed E-state index contributed by atoms with van der Waals surface area (Å²) in [6.45, 7) is 6.35. The molecule has 1 N–H and O–H groups in total. The van der Waals surface area contributed by atoms with E-state index in [0.29, 0.717) is 0 Å². The molecule has 2 bridgehead atoms. The van der Waals surface area contributed by atoms with E-state index in [1.807, 2.05) is 6.26 Å². The van der Waals surface area contributed by atoms with Crippen LogP contribution in [0.1, 0.15) is 37.5 Å². The monoisotopic (exact) mass is 234 g/mol. The minimum absolute atomic E-state index is 0.835. The van der Waals surface area contributed by atoms with Gasteiger partial charge in [-0.3, -0.25) is 4.90 Å². The van der Waals surface area contributed by atoms with Crippen LogP contribution in [0.25, 0.3) is 0 Å². The van der Waals surface area contributed by atoms with Gasteiger partial charge >= 0.3 is 0 Å². The maximum atomic E-state index is 5.65. The van der Waals surface area contributed by atoms with E-state index in [9.17, 15) is 0 Å². The van der Waals surface area contributed by atoms with Gasteiger partial charge in [-0.1, -0.05) is 6.92 Å². The molecule has 3 rings (SSSR count). The predicted octanol–water partition coefficient (Wildman–Crippen LogP) is 2.37. The van der Waals surface area contributed by atoms with Crippen molar-refractivity contribution in [3.63, 3.8) is 0 Å². The summed E-state index contributed by atoms with van der Waals surface area (Å²) in [6, 6.07) is 3.04. The van der Waals surface area contributed by atoms with Crippen molar-refractivity contribution < 1.29 is 4.42 Å². The summed E-state index contributed by atoms with van der Waals surface area (Å²) in [5.74, 6) is 2.10. The van der Waals surface area contributed by atoms with Crippen molar-refractivity contribution in [2.75, 3.05) is 13.1 Å². The van der Waals surface area contributed by atoms with Crippen molar-refractivity contribution in [3.8, 4) is 0 Å². The molecule has 0 aromatic carbocycles. The molecular formula is C14H22N2O. The molecule has 2 fully saturated rings. The standard InChI is InChI=1S/C14H22N2O/c1-2-15-7-12-6-14(17-10-12)9-16-8-11-3-4-13(16)5-11/h6,10-11,13,15H,2-5,7-9H2,1H3. The Morgan fingerprint density at radius 3 is 3.12 bits per heavy atom. The van der Waals surface area contributed by atoms with E-state index in [2.05, 4.69) is 23.2 Å². The fourth-order valence-electron chi connectivity index (χ4n) is 3.29. The van der Waals surface area contributed by atoms with E-state index < -0.39 is 0 Å². The average Bonchev–Trinajstić information content (AvgIpc) is 3.02. The van der Waals surface area contributed by atoms with Gasteiger partial charge in [-0.05, 0) is 37.8 Å². The molecule has 0 amide bonds. The van der Waals surface area contributed by atoms with E-state index in [0.717, 1.165) is 37.4 Å². The smallest absolute Gasteiger partial charge is 0.118 e. The highest BCUT2D eigenvalue weighted by atomic mass is 16.3. The van der Waals surface area contributed by atoms with Gasteiger partial charge in [0.1, 0.15) is 5.76 Å². The SMILES string of the molecule is CCNCc1coc(CN2CC3CCC2C3)c1. The number of nitrogens with one attached hydrogen (secondary N) is 1. The summed E-state index contributed by atoms with van der Waals surface area (Å²) in [5, 5.41) is 3.32. The van der Waals surface area contributed by atoms with Crippen molar-refractivity contribution in [2.45, 2.75) is 45.3 Å². The number of nitrogens with zero attached hydrogens (tertiary/aromatic N) is 1. The van der Waals surface area contributed by atoms with E-state index in [-0.39, 0.29) is 0 Å². The zero-order chi connectivity index (χ0) is 11.7.